The van der Waals surface area contributed by atoms with Crippen LogP contribution in [0.4, 0.5) is 28.0 Å². The van der Waals surface area contributed by atoms with E-state index in [0.29, 0.717) is 6.42 Å². The molecule has 2 aliphatic rings. The molecule has 0 spiro atoms. The SMILES string of the molecule is O=C(Nc1cc(Cl)c(C(F)(F)F)cc1F)N1[C@H]2CC[C@@H]1c1cnncc1C2. The Morgan fingerprint density at radius 2 is 1.96 bits per heavy atom. The number of fused-ring (bicyclic) bond motifs is 4. The molecular weight excluding hydrogens is 388 g/mol. The number of benzene rings is 1. The number of amides is 2. The number of carbonyl (C=O) groups is 1. The second-order valence-electron chi connectivity index (χ2n) is 6.57. The van der Waals surface area contributed by atoms with Crippen LogP contribution >= 0.6 is 11.6 Å². The molecule has 27 heavy (non-hydrogen) atoms. The minimum Gasteiger partial charge on any atom is -0.314 e. The van der Waals surface area contributed by atoms with Gasteiger partial charge in [0.15, 0.2) is 0 Å². The summed E-state index contributed by atoms with van der Waals surface area (Å²) in [5.41, 5.74) is 0.228. The van der Waals surface area contributed by atoms with Crippen molar-refractivity contribution < 1.29 is 22.4 Å². The summed E-state index contributed by atoms with van der Waals surface area (Å²) in [6.45, 7) is 0. The average Bonchev–Trinajstić information content (AvgIpc) is 2.92. The molecule has 142 valence electrons. The topological polar surface area (TPSA) is 58.1 Å². The Balaban J connectivity index is 1.60. The van der Waals surface area contributed by atoms with E-state index in [-0.39, 0.29) is 18.2 Å². The molecule has 4 rings (SSSR count). The zero-order chi connectivity index (χ0) is 19.3. The monoisotopic (exact) mass is 400 g/mol. The standard InChI is InChI=1S/C17H13ClF4N4O/c18-12-5-14(13(19)4-11(12)17(20,21)22)25-16(27)26-9-1-2-15(26)10-7-24-23-6-8(10)3-9/h4-7,9,15H,1-3H2,(H,25,27)/t9-,15+/m0/s1. The van der Waals surface area contributed by atoms with E-state index in [2.05, 4.69) is 15.5 Å². The largest absolute Gasteiger partial charge is 0.417 e. The van der Waals surface area contributed by atoms with E-state index in [1.807, 2.05) is 0 Å². The first-order chi connectivity index (χ1) is 12.8. The van der Waals surface area contributed by atoms with Crippen molar-refractivity contribution in [3.63, 3.8) is 0 Å². The Hall–Kier alpha value is -2.42. The molecule has 1 aromatic carbocycles. The number of hydrogen-bond donors (Lipinski definition) is 1. The van der Waals surface area contributed by atoms with Crippen molar-refractivity contribution in [1.82, 2.24) is 15.1 Å². The summed E-state index contributed by atoms with van der Waals surface area (Å²) in [7, 11) is 0. The van der Waals surface area contributed by atoms with Crippen LogP contribution in [0.2, 0.25) is 5.02 Å². The van der Waals surface area contributed by atoms with Gasteiger partial charge in [-0.3, -0.25) is 0 Å². The number of nitrogens with one attached hydrogen (secondary N) is 1. The summed E-state index contributed by atoms with van der Waals surface area (Å²) in [5, 5.41) is 9.39. The zero-order valence-corrected chi connectivity index (χ0v) is 14.5. The van der Waals surface area contributed by atoms with Gasteiger partial charge in [-0.25, -0.2) is 9.18 Å². The fourth-order valence-corrected chi connectivity index (χ4v) is 4.09. The molecule has 0 unspecified atom stereocenters. The predicted octanol–water partition coefficient (Wildman–Crippen LogP) is 4.58. The minimum atomic E-state index is -4.78. The summed E-state index contributed by atoms with van der Waals surface area (Å²) in [6.07, 6.45) is 0.598. The Kier molecular flexibility index (Phi) is 4.21. The highest BCUT2D eigenvalue weighted by Gasteiger charge is 2.43. The summed E-state index contributed by atoms with van der Waals surface area (Å²) < 4.78 is 52.5. The number of hydrogen-bond acceptors (Lipinski definition) is 3. The average molecular weight is 401 g/mol. The van der Waals surface area contributed by atoms with E-state index in [0.717, 1.165) is 30.0 Å². The molecule has 1 saturated heterocycles. The van der Waals surface area contributed by atoms with Gasteiger partial charge in [0.25, 0.3) is 0 Å². The lowest BCUT2D eigenvalue weighted by atomic mass is 9.97. The van der Waals surface area contributed by atoms with Crippen LogP contribution in [0.25, 0.3) is 0 Å². The van der Waals surface area contributed by atoms with Gasteiger partial charge in [-0.05, 0) is 42.5 Å². The third kappa shape index (κ3) is 3.09. The van der Waals surface area contributed by atoms with E-state index in [4.69, 9.17) is 11.6 Å². The second-order valence-corrected chi connectivity index (χ2v) is 6.98. The van der Waals surface area contributed by atoms with E-state index in [1.54, 1.807) is 17.3 Å². The van der Waals surface area contributed by atoms with Crippen LogP contribution in [-0.4, -0.2) is 27.2 Å². The van der Waals surface area contributed by atoms with Gasteiger partial charge in [-0.15, -0.1) is 0 Å². The van der Waals surface area contributed by atoms with Crippen LogP contribution in [0.5, 0.6) is 0 Å². The van der Waals surface area contributed by atoms with Crippen molar-refractivity contribution in [2.24, 2.45) is 0 Å². The van der Waals surface area contributed by atoms with E-state index in [9.17, 15) is 22.4 Å². The normalized spacial score (nSPS) is 21.1. The summed E-state index contributed by atoms with van der Waals surface area (Å²) in [5.74, 6) is -1.20. The van der Waals surface area contributed by atoms with Crippen molar-refractivity contribution in [2.75, 3.05) is 5.32 Å². The Morgan fingerprint density at radius 1 is 1.22 bits per heavy atom. The Morgan fingerprint density at radius 3 is 2.70 bits per heavy atom. The van der Waals surface area contributed by atoms with Gasteiger partial charge in [0.1, 0.15) is 5.82 Å². The van der Waals surface area contributed by atoms with Crippen LogP contribution in [0.3, 0.4) is 0 Å². The molecule has 10 heteroatoms. The van der Waals surface area contributed by atoms with Crippen LogP contribution in [0, 0.1) is 5.82 Å². The summed E-state index contributed by atoms with van der Waals surface area (Å²) in [6, 6.07) is 0.179. The van der Waals surface area contributed by atoms with E-state index in [1.165, 1.54) is 0 Å². The van der Waals surface area contributed by atoms with Crippen molar-refractivity contribution >= 4 is 23.3 Å². The first-order valence-electron chi connectivity index (χ1n) is 8.20. The number of nitrogens with zero attached hydrogens (tertiary/aromatic N) is 3. The van der Waals surface area contributed by atoms with Crippen LogP contribution in [0.15, 0.2) is 24.5 Å². The highest BCUT2D eigenvalue weighted by Crippen LogP contribution is 2.43. The van der Waals surface area contributed by atoms with Crippen molar-refractivity contribution in [3.05, 3.63) is 52.1 Å². The van der Waals surface area contributed by atoms with Gasteiger partial charge in [0.05, 0.1) is 34.7 Å². The summed E-state index contributed by atoms with van der Waals surface area (Å²) in [4.78, 5) is 14.3. The maximum absolute atomic E-state index is 14.1. The fourth-order valence-electron chi connectivity index (χ4n) is 3.82. The third-order valence-electron chi connectivity index (χ3n) is 5.00. The lowest BCUT2D eigenvalue weighted by Crippen LogP contribution is -2.44. The van der Waals surface area contributed by atoms with Gasteiger partial charge < -0.3 is 10.2 Å². The smallest absolute Gasteiger partial charge is 0.314 e. The molecule has 1 fully saturated rings. The van der Waals surface area contributed by atoms with Crippen LogP contribution in [0.1, 0.15) is 35.6 Å². The molecule has 2 aliphatic heterocycles. The summed E-state index contributed by atoms with van der Waals surface area (Å²) >= 11 is 5.63. The molecule has 3 heterocycles. The molecule has 0 saturated carbocycles. The first kappa shape index (κ1) is 18.0. The maximum atomic E-state index is 14.1. The van der Waals surface area contributed by atoms with Crippen molar-refractivity contribution in [1.29, 1.82) is 0 Å². The maximum Gasteiger partial charge on any atom is 0.417 e. The molecule has 0 aliphatic carbocycles. The number of aromatic nitrogens is 2. The number of urea groups is 1. The van der Waals surface area contributed by atoms with E-state index < -0.39 is 34.3 Å². The molecule has 0 radical (unpaired) electrons. The number of halogens is 5. The highest BCUT2D eigenvalue weighted by molar-refractivity contribution is 6.31. The number of alkyl halides is 3. The second kappa shape index (κ2) is 6.33. The molecular formula is C17H13ClF4N4O. The van der Waals surface area contributed by atoms with Gasteiger partial charge in [0.2, 0.25) is 0 Å². The molecule has 2 amide bonds. The molecule has 2 bridgehead atoms. The van der Waals surface area contributed by atoms with Crippen molar-refractivity contribution in [2.45, 2.75) is 37.5 Å². The lowest BCUT2D eigenvalue weighted by Gasteiger charge is -2.35. The van der Waals surface area contributed by atoms with Gasteiger partial charge in [-0.2, -0.15) is 23.4 Å². The minimum absolute atomic E-state index is 0.0836. The molecule has 1 aromatic heterocycles. The fraction of sp³-hybridized carbons (Fsp3) is 0.353. The van der Waals surface area contributed by atoms with Gasteiger partial charge >= 0.3 is 12.2 Å². The molecule has 1 N–H and O–H groups in total. The van der Waals surface area contributed by atoms with E-state index >= 15 is 0 Å². The third-order valence-corrected chi connectivity index (χ3v) is 5.32. The van der Waals surface area contributed by atoms with Crippen LogP contribution in [-0.2, 0) is 12.6 Å². The number of carbonyl (C=O) groups excluding carboxylic acids is 1. The molecule has 2 aromatic rings. The zero-order valence-electron chi connectivity index (χ0n) is 13.7. The number of anilines is 1. The molecule has 2 atom stereocenters. The number of rotatable bonds is 1. The Labute approximate surface area is 156 Å². The van der Waals surface area contributed by atoms with Crippen molar-refractivity contribution in [3.8, 4) is 0 Å². The first-order valence-corrected chi connectivity index (χ1v) is 8.58. The highest BCUT2D eigenvalue weighted by atomic mass is 35.5. The molecule has 5 nitrogen and oxygen atoms in total. The van der Waals surface area contributed by atoms with Crippen LogP contribution < -0.4 is 5.32 Å². The van der Waals surface area contributed by atoms with Gasteiger partial charge in [0, 0.05) is 6.04 Å². The lowest BCUT2D eigenvalue weighted by molar-refractivity contribution is -0.137. The quantitative estimate of drug-likeness (QED) is 0.713. The van der Waals surface area contributed by atoms with Gasteiger partial charge in [-0.1, -0.05) is 11.6 Å². The predicted molar refractivity (Wildman–Crippen MR) is 88.8 cm³/mol. The Bertz CT molecular complexity index is 920.